The number of nitrogens with zero attached hydrogens (tertiary/aromatic N) is 1. The second-order valence-electron chi connectivity index (χ2n) is 8.11. The van der Waals surface area contributed by atoms with E-state index >= 15 is 0 Å². The van der Waals surface area contributed by atoms with E-state index in [0.717, 1.165) is 0 Å². The van der Waals surface area contributed by atoms with Crippen molar-refractivity contribution in [3.8, 4) is 0 Å². The second kappa shape index (κ2) is 8.69. The molecular formula is C18H29NO8. The van der Waals surface area contributed by atoms with Crippen molar-refractivity contribution in [2.24, 2.45) is 16.7 Å². The van der Waals surface area contributed by atoms with Crippen LogP contribution in [0, 0.1) is 16.7 Å². The molecule has 0 radical (unpaired) electrons. The summed E-state index contributed by atoms with van der Waals surface area (Å²) in [5.41, 5.74) is -2.20. The van der Waals surface area contributed by atoms with Crippen LogP contribution in [0.4, 0.5) is 0 Å². The van der Waals surface area contributed by atoms with E-state index in [4.69, 9.17) is 5.11 Å². The van der Waals surface area contributed by atoms with E-state index in [1.807, 2.05) is 0 Å². The van der Waals surface area contributed by atoms with Crippen LogP contribution < -0.4 is 0 Å². The Labute approximate surface area is 158 Å². The lowest BCUT2D eigenvalue weighted by Crippen LogP contribution is -2.58. The average Bonchev–Trinajstić information content (AvgIpc) is 2.53. The highest BCUT2D eigenvalue weighted by Gasteiger charge is 2.51. The van der Waals surface area contributed by atoms with Gasteiger partial charge in [0.05, 0.1) is 11.3 Å². The molecule has 1 aliphatic heterocycles. The first-order valence-electron chi connectivity index (χ1n) is 8.98. The maximum atomic E-state index is 12.1. The van der Waals surface area contributed by atoms with E-state index in [2.05, 4.69) is 0 Å². The summed E-state index contributed by atoms with van der Waals surface area (Å²) >= 11 is 0. The van der Waals surface area contributed by atoms with Crippen molar-refractivity contribution in [1.29, 1.82) is 0 Å². The largest absolute Gasteiger partial charge is 0.481 e. The first kappa shape index (κ1) is 22.9. The van der Waals surface area contributed by atoms with Crippen molar-refractivity contribution >= 4 is 23.9 Å². The van der Waals surface area contributed by atoms with E-state index in [0.29, 0.717) is 25.8 Å². The Hall–Kier alpha value is -2.16. The molecule has 0 aliphatic carbocycles. The van der Waals surface area contributed by atoms with Crippen molar-refractivity contribution < 1.29 is 39.6 Å². The standard InChI is InChI=1S/C18H29NO8/c1-17(2,8-4-7-12(20)21)18(3,16(26)27)10-19-9-5-6-11(14(22)23)13(19)15(24)25/h11,13H,4-10H2,1-3H3,(H,20,21)(H,22,23)(H,24,25)(H,26,27)/t11-,13-,18?/m0/s1. The predicted molar refractivity (Wildman–Crippen MR) is 94.4 cm³/mol. The van der Waals surface area contributed by atoms with Crippen molar-refractivity contribution in [3.05, 3.63) is 0 Å². The molecule has 1 rings (SSSR count). The zero-order chi connectivity index (χ0) is 21.0. The van der Waals surface area contributed by atoms with Crippen LogP contribution in [0.25, 0.3) is 0 Å². The van der Waals surface area contributed by atoms with Gasteiger partial charge in [0.1, 0.15) is 6.04 Å². The van der Waals surface area contributed by atoms with Crippen LogP contribution in [0.3, 0.4) is 0 Å². The van der Waals surface area contributed by atoms with Crippen LogP contribution in [-0.4, -0.2) is 68.3 Å². The van der Waals surface area contributed by atoms with E-state index in [9.17, 15) is 34.5 Å². The predicted octanol–water partition coefficient (Wildman–Crippen LogP) is 1.61. The maximum Gasteiger partial charge on any atom is 0.321 e. The molecule has 9 nitrogen and oxygen atoms in total. The Kier molecular flexibility index (Phi) is 7.36. The summed E-state index contributed by atoms with van der Waals surface area (Å²) in [6, 6.07) is -1.29. The summed E-state index contributed by atoms with van der Waals surface area (Å²) in [7, 11) is 0. The Morgan fingerprint density at radius 3 is 2.04 bits per heavy atom. The summed E-state index contributed by atoms with van der Waals surface area (Å²) in [6.07, 6.45) is 1.24. The van der Waals surface area contributed by atoms with Gasteiger partial charge in [-0.1, -0.05) is 13.8 Å². The van der Waals surface area contributed by atoms with Gasteiger partial charge in [-0.05, 0) is 44.6 Å². The fraction of sp³-hybridized carbons (Fsp3) is 0.778. The second-order valence-corrected chi connectivity index (χ2v) is 8.11. The maximum absolute atomic E-state index is 12.1. The lowest BCUT2D eigenvalue weighted by atomic mass is 9.63. The highest BCUT2D eigenvalue weighted by atomic mass is 16.4. The smallest absolute Gasteiger partial charge is 0.321 e. The molecule has 0 bridgehead atoms. The van der Waals surface area contributed by atoms with Crippen molar-refractivity contribution in [2.45, 2.75) is 58.9 Å². The number of likely N-dealkylation sites (tertiary alicyclic amines) is 1. The molecule has 1 heterocycles. The summed E-state index contributed by atoms with van der Waals surface area (Å²) in [6.45, 7) is 5.13. The minimum Gasteiger partial charge on any atom is -0.481 e. The van der Waals surface area contributed by atoms with Crippen LogP contribution in [0.15, 0.2) is 0 Å². The number of aliphatic carboxylic acids is 4. The summed E-state index contributed by atoms with van der Waals surface area (Å²) in [5, 5.41) is 37.6. The van der Waals surface area contributed by atoms with Gasteiger partial charge in [0.2, 0.25) is 0 Å². The fourth-order valence-corrected chi connectivity index (χ4v) is 3.76. The van der Waals surface area contributed by atoms with E-state index in [-0.39, 0.29) is 19.4 Å². The zero-order valence-electron chi connectivity index (χ0n) is 16.0. The molecule has 1 saturated heterocycles. The Bertz CT molecular complexity index is 602. The van der Waals surface area contributed by atoms with Gasteiger partial charge in [-0.3, -0.25) is 24.1 Å². The molecule has 0 aromatic rings. The molecule has 1 unspecified atom stereocenters. The van der Waals surface area contributed by atoms with Crippen LogP contribution in [0.1, 0.15) is 52.9 Å². The van der Waals surface area contributed by atoms with Gasteiger partial charge in [0.25, 0.3) is 0 Å². The normalized spacial score (nSPS) is 23.4. The van der Waals surface area contributed by atoms with Crippen LogP contribution in [0.5, 0.6) is 0 Å². The van der Waals surface area contributed by atoms with E-state index < -0.39 is 46.7 Å². The van der Waals surface area contributed by atoms with Gasteiger partial charge < -0.3 is 20.4 Å². The SMILES string of the molecule is CC(C)(CCCC(=O)O)C(C)(CN1CCC[C@H](C(=O)O)[C@H]1C(=O)O)C(=O)O. The zero-order valence-corrected chi connectivity index (χ0v) is 16.0. The summed E-state index contributed by atoms with van der Waals surface area (Å²) in [5.74, 6) is -5.66. The van der Waals surface area contributed by atoms with Crippen molar-refractivity contribution in [3.63, 3.8) is 0 Å². The molecule has 0 aromatic carbocycles. The molecule has 1 aliphatic rings. The lowest BCUT2D eigenvalue weighted by Gasteiger charge is -2.47. The number of carbonyl (C=O) groups is 4. The van der Waals surface area contributed by atoms with Crippen molar-refractivity contribution in [1.82, 2.24) is 4.90 Å². The first-order chi connectivity index (χ1) is 12.3. The Morgan fingerprint density at radius 2 is 1.59 bits per heavy atom. The number of hydrogen-bond acceptors (Lipinski definition) is 5. The Morgan fingerprint density at radius 1 is 1.00 bits per heavy atom. The third kappa shape index (κ3) is 5.18. The van der Waals surface area contributed by atoms with E-state index in [1.54, 1.807) is 13.8 Å². The van der Waals surface area contributed by atoms with Gasteiger partial charge in [-0.15, -0.1) is 0 Å². The monoisotopic (exact) mass is 387 g/mol. The molecule has 0 spiro atoms. The number of rotatable bonds is 10. The number of carboxylic acids is 4. The van der Waals surface area contributed by atoms with Crippen LogP contribution in [-0.2, 0) is 19.2 Å². The third-order valence-electron chi connectivity index (χ3n) is 5.98. The first-order valence-corrected chi connectivity index (χ1v) is 8.98. The molecule has 9 heteroatoms. The summed E-state index contributed by atoms with van der Waals surface area (Å²) in [4.78, 5) is 47.5. The highest BCUT2D eigenvalue weighted by molar-refractivity contribution is 5.83. The number of carboxylic acid groups (broad SMARTS) is 4. The third-order valence-corrected chi connectivity index (χ3v) is 5.98. The number of piperidine rings is 1. The molecule has 3 atom stereocenters. The molecule has 0 amide bonds. The van der Waals surface area contributed by atoms with Gasteiger partial charge >= 0.3 is 23.9 Å². The van der Waals surface area contributed by atoms with Crippen LogP contribution >= 0.6 is 0 Å². The van der Waals surface area contributed by atoms with Crippen molar-refractivity contribution in [2.75, 3.05) is 13.1 Å². The lowest BCUT2D eigenvalue weighted by molar-refractivity contribution is -0.166. The quantitative estimate of drug-likeness (QED) is 0.438. The van der Waals surface area contributed by atoms with E-state index in [1.165, 1.54) is 11.8 Å². The Balaban J connectivity index is 3.11. The molecule has 0 saturated carbocycles. The fourth-order valence-electron chi connectivity index (χ4n) is 3.76. The van der Waals surface area contributed by atoms with Crippen LogP contribution in [0.2, 0.25) is 0 Å². The minimum atomic E-state index is -1.38. The van der Waals surface area contributed by atoms with Gasteiger partial charge in [-0.2, -0.15) is 0 Å². The van der Waals surface area contributed by atoms with Gasteiger partial charge in [0, 0.05) is 13.0 Å². The van der Waals surface area contributed by atoms with Gasteiger partial charge in [-0.25, -0.2) is 0 Å². The molecular weight excluding hydrogens is 358 g/mol. The molecule has 4 N–H and O–H groups in total. The molecule has 1 fully saturated rings. The number of hydrogen-bond donors (Lipinski definition) is 4. The van der Waals surface area contributed by atoms with Gasteiger partial charge in [0.15, 0.2) is 0 Å². The minimum absolute atomic E-state index is 0.0817. The summed E-state index contributed by atoms with van der Waals surface area (Å²) < 4.78 is 0. The molecule has 0 aromatic heterocycles. The molecule has 154 valence electrons. The topological polar surface area (TPSA) is 152 Å². The average molecular weight is 387 g/mol. The molecule has 27 heavy (non-hydrogen) atoms. The highest BCUT2D eigenvalue weighted by Crippen LogP contribution is 2.45.